The van der Waals surface area contributed by atoms with Crippen molar-refractivity contribution >= 4 is 0 Å². The fourth-order valence-corrected chi connectivity index (χ4v) is 2.64. The summed E-state index contributed by atoms with van der Waals surface area (Å²) in [5, 5.41) is 18.9. The van der Waals surface area contributed by atoms with Crippen LogP contribution in [0.2, 0.25) is 0 Å². The molecular formula is C17H24N2O5. The van der Waals surface area contributed by atoms with Crippen molar-refractivity contribution in [1.29, 1.82) is 0 Å². The first-order valence-electron chi connectivity index (χ1n) is 8.35. The number of hydrogen-bond donors (Lipinski definition) is 3. The molecule has 1 aliphatic heterocycles. The van der Waals surface area contributed by atoms with Crippen LogP contribution in [-0.2, 0) is 4.74 Å². The van der Waals surface area contributed by atoms with Gasteiger partial charge >= 0.3 is 5.69 Å². The normalized spacial score (nSPS) is 23.0. The lowest BCUT2D eigenvalue weighted by molar-refractivity contribution is -0.0459. The van der Waals surface area contributed by atoms with Crippen LogP contribution >= 0.6 is 0 Å². The minimum atomic E-state index is -0.855. The van der Waals surface area contributed by atoms with Crippen LogP contribution in [0.3, 0.4) is 0 Å². The molecule has 24 heavy (non-hydrogen) atoms. The Morgan fingerprint density at radius 1 is 1.38 bits per heavy atom. The van der Waals surface area contributed by atoms with Gasteiger partial charge in [-0.25, -0.2) is 4.79 Å². The Labute approximate surface area is 140 Å². The van der Waals surface area contributed by atoms with Crippen molar-refractivity contribution < 1.29 is 14.9 Å². The Morgan fingerprint density at radius 2 is 2.17 bits per heavy atom. The fraction of sp³-hybridized carbons (Fsp3) is 0.647. The molecule has 0 spiro atoms. The average Bonchev–Trinajstić information content (AvgIpc) is 2.93. The predicted molar refractivity (Wildman–Crippen MR) is 88.6 cm³/mol. The van der Waals surface area contributed by atoms with E-state index in [4.69, 9.17) is 9.84 Å². The highest BCUT2D eigenvalue weighted by atomic mass is 16.5. The van der Waals surface area contributed by atoms with Crippen molar-refractivity contribution in [3.05, 3.63) is 32.6 Å². The number of H-pyrrole nitrogens is 1. The average molecular weight is 336 g/mol. The number of hydrogen-bond acceptors (Lipinski definition) is 5. The van der Waals surface area contributed by atoms with Crippen LogP contribution < -0.4 is 11.2 Å². The van der Waals surface area contributed by atoms with Crippen LogP contribution in [0, 0.1) is 11.8 Å². The highest BCUT2D eigenvalue weighted by molar-refractivity contribution is 5.29. The van der Waals surface area contributed by atoms with E-state index in [9.17, 15) is 14.7 Å². The van der Waals surface area contributed by atoms with Crippen molar-refractivity contribution in [1.82, 2.24) is 9.55 Å². The summed E-state index contributed by atoms with van der Waals surface area (Å²) in [6, 6.07) is 0. The molecule has 132 valence electrons. The lowest BCUT2D eigenvalue weighted by atomic mass is 10.1. The van der Waals surface area contributed by atoms with Crippen LogP contribution in [-0.4, -0.2) is 38.6 Å². The van der Waals surface area contributed by atoms with Gasteiger partial charge in [0.05, 0.1) is 12.7 Å². The molecule has 1 fully saturated rings. The van der Waals surface area contributed by atoms with E-state index in [0.29, 0.717) is 6.42 Å². The number of aromatic amines is 1. The predicted octanol–water partition coefficient (Wildman–Crippen LogP) is 0.499. The quantitative estimate of drug-likeness (QED) is 0.518. The molecule has 3 N–H and O–H groups in total. The molecule has 2 heterocycles. The van der Waals surface area contributed by atoms with Crippen LogP contribution in [0.1, 0.15) is 57.2 Å². The first-order chi connectivity index (χ1) is 11.6. The van der Waals surface area contributed by atoms with Crippen molar-refractivity contribution in [2.24, 2.45) is 0 Å². The molecule has 2 rings (SSSR count). The lowest BCUT2D eigenvalue weighted by Gasteiger charge is -2.14. The molecule has 1 saturated heterocycles. The molecule has 0 saturated carbocycles. The van der Waals surface area contributed by atoms with Gasteiger partial charge in [0, 0.05) is 19.0 Å². The van der Waals surface area contributed by atoms with Gasteiger partial charge in [0.15, 0.2) is 0 Å². The highest BCUT2D eigenvalue weighted by Crippen LogP contribution is 2.27. The molecule has 7 nitrogen and oxygen atoms in total. The minimum absolute atomic E-state index is 0.168. The van der Waals surface area contributed by atoms with Crippen molar-refractivity contribution in [3.63, 3.8) is 0 Å². The van der Waals surface area contributed by atoms with E-state index in [0.717, 1.165) is 19.3 Å². The summed E-state index contributed by atoms with van der Waals surface area (Å²) >= 11 is 0. The second-order valence-corrected chi connectivity index (χ2v) is 5.94. The van der Waals surface area contributed by atoms with Gasteiger partial charge in [-0.15, -0.1) is 0 Å². The lowest BCUT2D eigenvalue weighted by Crippen LogP contribution is -2.33. The topological polar surface area (TPSA) is 105 Å². The largest absolute Gasteiger partial charge is 0.394 e. The monoisotopic (exact) mass is 336 g/mol. The number of ether oxygens (including phenoxy) is 1. The second kappa shape index (κ2) is 8.83. The summed E-state index contributed by atoms with van der Waals surface area (Å²) in [5.74, 6) is 5.75. The summed E-state index contributed by atoms with van der Waals surface area (Å²) in [5.41, 5.74) is -0.963. The highest BCUT2D eigenvalue weighted by Gasteiger charge is 2.35. The van der Waals surface area contributed by atoms with E-state index in [1.165, 1.54) is 17.2 Å². The van der Waals surface area contributed by atoms with Crippen LogP contribution in [0.4, 0.5) is 0 Å². The first-order valence-corrected chi connectivity index (χ1v) is 8.35. The molecule has 0 unspecified atom stereocenters. The summed E-state index contributed by atoms with van der Waals surface area (Å²) in [6.07, 6.45) is 4.31. The van der Waals surface area contributed by atoms with Crippen LogP contribution in [0.5, 0.6) is 0 Å². The maximum Gasteiger partial charge on any atom is 0.330 e. The van der Waals surface area contributed by atoms with Crippen molar-refractivity contribution in [2.45, 2.75) is 63.9 Å². The molecule has 1 aliphatic rings. The molecule has 0 aromatic carbocycles. The third-order valence-electron chi connectivity index (χ3n) is 4.04. The molecule has 1 aromatic heterocycles. The fourth-order valence-electron chi connectivity index (χ4n) is 2.64. The van der Waals surface area contributed by atoms with Crippen LogP contribution in [0.25, 0.3) is 0 Å². The molecule has 0 bridgehead atoms. The SMILES string of the molecule is CCCCCCC#Cc1cn([C@H]2C[C@H](O)[C@@H](CO)O2)c(=O)[nH]c1=O. The summed E-state index contributed by atoms with van der Waals surface area (Å²) in [4.78, 5) is 26.0. The second-order valence-electron chi connectivity index (χ2n) is 5.94. The third kappa shape index (κ3) is 4.57. The Hall–Kier alpha value is -1.88. The van der Waals surface area contributed by atoms with Gasteiger partial charge in [-0.1, -0.05) is 38.0 Å². The standard InChI is InChI=1S/C17H24N2O5/c1-2-3-4-5-6-7-8-12-10-19(17(23)18-16(12)22)15-9-13(21)14(11-20)24-15/h10,13-15,20-21H,2-6,9,11H2,1H3,(H,18,22,23)/t13-,14+,15+/m0/s1. The number of aliphatic hydroxyl groups is 2. The molecule has 7 heteroatoms. The van der Waals surface area contributed by atoms with E-state index >= 15 is 0 Å². The van der Waals surface area contributed by atoms with Gasteiger partial charge in [0.25, 0.3) is 5.56 Å². The smallest absolute Gasteiger partial charge is 0.330 e. The van der Waals surface area contributed by atoms with Gasteiger partial charge in [0.2, 0.25) is 0 Å². The van der Waals surface area contributed by atoms with Gasteiger partial charge in [-0.2, -0.15) is 0 Å². The number of rotatable bonds is 6. The van der Waals surface area contributed by atoms with Crippen molar-refractivity contribution in [2.75, 3.05) is 6.61 Å². The van der Waals surface area contributed by atoms with E-state index in [-0.39, 0.29) is 18.6 Å². The number of aromatic nitrogens is 2. The van der Waals surface area contributed by atoms with E-state index in [1.54, 1.807) is 0 Å². The summed E-state index contributed by atoms with van der Waals surface area (Å²) in [6.45, 7) is 1.80. The van der Waals surface area contributed by atoms with E-state index < -0.39 is 29.7 Å². The number of unbranched alkanes of at least 4 members (excludes halogenated alkanes) is 4. The zero-order chi connectivity index (χ0) is 17.5. The molecule has 0 radical (unpaired) electrons. The Kier molecular flexibility index (Phi) is 6.79. The maximum atomic E-state index is 12.0. The maximum absolute atomic E-state index is 12.0. The molecule has 0 amide bonds. The molecule has 1 aromatic rings. The Balaban J connectivity index is 2.13. The summed E-state index contributed by atoms with van der Waals surface area (Å²) < 4.78 is 6.66. The number of nitrogens with one attached hydrogen (secondary N) is 1. The molecular weight excluding hydrogens is 312 g/mol. The number of nitrogens with zero attached hydrogens (tertiary/aromatic N) is 1. The Bertz CT molecular complexity index is 712. The van der Waals surface area contributed by atoms with E-state index in [2.05, 4.69) is 23.7 Å². The molecule has 0 aliphatic carbocycles. The first kappa shape index (κ1) is 18.5. The third-order valence-corrected chi connectivity index (χ3v) is 4.04. The zero-order valence-electron chi connectivity index (χ0n) is 13.8. The van der Waals surface area contributed by atoms with Gasteiger partial charge in [-0.3, -0.25) is 14.3 Å². The van der Waals surface area contributed by atoms with Crippen molar-refractivity contribution in [3.8, 4) is 11.8 Å². The zero-order valence-corrected chi connectivity index (χ0v) is 13.8. The Morgan fingerprint density at radius 3 is 2.83 bits per heavy atom. The number of aliphatic hydroxyl groups excluding tert-OH is 2. The van der Waals surface area contributed by atoms with Gasteiger partial charge in [0.1, 0.15) is 17.9 Å². The van der Waals surface area contributed by atoms with Crippen LogP contribution in [0.15, 0.2) is 15.8 Å². The minimum Gasteiger partial charge on any atom is -0.394 e. The van der Waals surface area contributed by atoms with Gasteiger partial charge in [-0.05, 0) is 6.42 Å². The molecule has 3 atom stereocenters. The van der Waals surface area contributed by atoms with Gasteiger partial charge < -0.3 is 14.9 Å². The van der Waals surface area contributed by atoms with E-state index in [1.807, 2.05) is 0 Å². The summed E-state index contributed by atoms with van der Waals surface area (Å²) in [7, 11) is 0.